The average Bonchev–Trinajstić information content (AvgIpc) is 2.46. The molecule has 3 atom stereocenters. The van der Waals surface area contributed by atoms with Crippen LogP contribution in [0.1, 0.15) is 33.6 Å². The Morgan fingerprint density at radius 2 is 1.93 bits per heavy atom. The van der Waals surface area contributed by atoms with Gasteiger partial charge in [0, 0.05) is 18.4 Å². The summed E-state index contributed by atoms with van der Waals surface area (Å²) in [7, 11) is 1.73. The summed E-state index contributed by atoms with van der Waals surface area (Å²) in [4.78, 5) is 11.0. The molecule has 0 saturated heterocycles. The Labute approximate surface area is 87.0 Å². The first-order valence-corrected chi connectivity index (χ1v) is 5.53. The Hall–Kier alpha value is -0.370. The van der Waals surface area contributed by atoms with Crippen molar-refractivity contribution in [2.24, 2.45) is 23.2 Å². The first kappa shape index (κ1) is 11.7. The Morgan fingerprint density at radius 3 is 2.29 bits per heavy atom. The molecule has 14 heavy (non-hydrogen) atoms. The second-order valence-corrected chi connectivity index (χ2v) is 4.85. The number of aldehydes is 1. The summed E-state index contributed by atoms with van der Waals surface area (Å²) in [6.07, 6.45) is 3.54. The van der Waals surface area contributed by atoms with Gasteiger partial charge in [-0.1, -0.05) is 20.8 Å². The maximum Gasteiger partial charge on any atom is 0.123 e. The summed E-state index contributed by atoms with van der Waals surface area (Å²) in [5.41, 5.74) is 0.0799. The van der Waals surface area contributed by atoms with Gasteiger partial charge in [0.25, 0.3) is 0 Å². The summed E-state index contributed by atoms with van der Waals surface area (Å²) in [5, 5.41) is 0. The lowest BCUT2D eigenvalue weighted by molar-refractivity contribution is -0.119. The van der Waals surface area contributed by atoms with Crippen LogP contribution < -0.4 is 0 Å². The van der Waals surface area contributed by atoms with Crippen molar-refractivity contribution in [2.75, 3.05) is 13.7 Å². The third-order valence-corrected chi connectivity index (χ3v) is 4.31. The highest BCUT2D eigenvalue weighted by Crippen LogP contribution is 2.52. The van der Waals surface area contributed by atoms with Crippen molar-refractivity contribution >= 4 is 6.29 Å². The normalized spacial score (nSPS) is 39.7. The standard InChI is InChI=1S/C12H22O2/c1-9-5-6-10(2)12(9,8-14-4)11(3)7-13/h7,9-11H,5-6,8H2,1-4H3. The Morgan fingerprint density at radius 1 is 1.43 bits per heavy atom. The molecule has 3 unspecified atom stereocenters. The fourth-order valence-electron chi connectivity index (χ4n) is 3.21. The van der Waals surface area contributed by atoms with E-state index in [0.29, 0.717) is 11.8 Å². The maximum atomic E-state index is 11.0. The molecule has 1 aliphatic rings. The molecule has 0 heterocycles. The first-order valence-electron chi connectivity index (χ1n) is 5.53. The van der Waals surface area contributed by atoms with E-state index in [1.165, 1.54) is 12.8 Å². The van der Waals surface area contributed by atoms with Crippen molar-refractivity contribution in [3.8, 4) is 0 Å². The number of hydrogen-bond acceptors (Lipinski definition) is 2. The average molecular weight is 198 g/mol. The van der Waals surface area contributed by atoms with Crippen LogP contribution in [-0.2, 0) is 9.53 Å². The minimum Gasteiger partial charge on any atom is -0.384 e. The van der Waals surface area contributed by atoms with Gasteiger partial charge in [-0.15, -0.1) is 0 Å². The van der Waals surface area contributed by atoms with E-state index in [1.807, 2.05) is 6.92 Å². The van der Waals surface area contributed by atoms with Crippen LogP contribution in [0.15, 0.2) is 0 Å². The molecule has 82 valence electrons. The number of hydrogen-bond donors (Lipinski definition) is 0. The molecular formula is C12H22O2. The van der Waals surface area contributed by atoms with E-state index in [4.69, 9.17) is 4.74 Å². The predicted octanol–water partition coefficient (Wildman–Crippen LogP) is 2.52. The lowest BCUT2D eigenvalue weighted by Crippen LogP contribution is -2.41. The van der Waals surface area contributed by atoms with E-state index in [9.17, 15) is 4.79 Å². The largest absolute Gasteiger partial charge is 0.384 e. The maximum absolute atomic E-state index is 11.0. The van der Waals surface area contributed by atoms with Crippen molar-refractivity contribution in [1.82, 2.24) is 0 Å². The zero-order valence-electron chi connectivity index (χ0n) is 9.75. The van der Waals surface area contributed by atoms with Crippen molar-refractivity contribution in [3.63, 3.8) is 0 Å². The molecule has 0 amide bonds. The van der Waals surface area contributed by atoms with Crippen LogP contribution in [0.3, 0.4) is 0 Å². The van der Waals surface area contributed by atoms with Crippen LogP contribution in [-0.4, -0.2) is 20.0 Å². The van der Waals surface area contributed by atoms with Crippen molar-refractivity contribution < 1.29 is 9.53 Å². The zero-order chi connectivity index (χ0) is 10.8. The van der Waals surface area contributed by atoms with E-state index < -0.39 is 0 Å². The van der Waals surface area contributed by atoms with E-state index in [-0.39, 0.29) is 11.3 Å². The quantitative estimate of drug-likeness (QED) is 0.649. The minimum atomic E-state index is 0.0799. The fraction of sp³-hybridized carbons (Fsp3) is 0.917. The molecule has 1 rings (SSSR count). The van der Waals surface area contributed by atoms with Gasteiger partial charge in [-0.25, -0.2) is 0 Å². The highest BCUT2D eigenvalue weighted by Gasteiger charge is 2.49. The molecule has 0 aromatic carbocycles. The molecule has 0 radical (unpaired) electrons. The summed E-state index contributed by atoms with van der Waals surface area (Å²) in [6.45, 7) is 7.25. The Balaban J connectivity index is 2.94. The van der Waals surface area contributed by atoms with Gasteiger partial charge in [-0.2, -0.15) is 0 Å². The molecule has 0 bridgehead atoms. The van der Waals surface area contributed by atoms with Crippen LogP contribution in [0.4, 0.5) is 0 Å². The molecule has 0 spiro atoms. The SMILES string of the molecule is COCC1(C(C)C=O)C(C)CCC1C. The first-order chi connectivity index (χ1) is 6.59. The molecule has 2 nitrogen and oxygen atoms in total. The summed E-state index contributed by atoms with van der Waals surface area (Å²) < 4.78 is 5.33. The van der Waals surface area contributed by atoms with Gasteiger partial charge in [0.2, 0.25) is 0 Å². The second-order valence-electron chi connectivity index (χ2n) is 4.85. The van der Waals surface area contributed by atoms with Crippen molar-refractivity contribution in [3.05, 3.63) is 0 Å². The van der Waals surface area contributed by atoms with Crippen molar-refractivity contribution in [1.29, 1.82) is 0 Å². The van der Waals surface area contributed by atoms with Crippen molar-refractivity contribution in [2.45, 2.75) is 33.6 Å². The van der Waals surface area contributed by atoms with Crippen LogP contribution in [0, 0.1) is 23.2 Å². The van der Waals surface area contributed by atoms with Gasteiger partial charge in [0.05, 0.1) is 6.61 Å². The number of rotatable bonds is 4. The van der Waals surface area contributed by atoms with Gasteiger partial charge in [-0.05, 0) is 24.7 Å². The molecule has 0 aliphatic heterocycles. The lowest BCUT2D eigenvalue weighted by Gasteiger charge is -2.40. The highest BCUT2D eigenvalue weighted by molar-refractivity contribution is 5.55. The minimum absolute atomic E-state index is 0.0799. The third kappa shape index (κ3) is 1.60. The topological polar surface area (TPSA) is 26.3 Å². The molecule has 1 aliphatic carbocycles. The van der Waals surface area contributed by atoms with Gasteiger partial charge in [0.15, 0.2) is 0 Å². The van der Waals surface area contributed by atoms with E-state index in [0.717, 1.165) is 12.9 Å². The van der Waals surface area contributed by atoms with Gasteiger partial charge in [0.1, 0.15) is 6.29 Å². The number of carbonyl (C=O) groups is 1. The lowest BCUT2D eigenvalue weighted by atomic mass is 9.66. The zero-order valence-corrected chi connectivity index (χ0v) is 9.75. The number of carbonyl (C=O) groups excluding carboxylic acids is 1. The smallest absolute Gasteiger partial charge is 0.123 e. The highest BCUT2D eigenvalue weighted by atomic mass is 16.5. The second kappa shape index (κ2) is 4.43. The number of methoxy groups -OCH3 is 1. The van der Waals surface area contributed by atoms with Crippen LogP contribution in [0.5, 0.6) is 0 Å². The number of ether oxygens (including phenoxy) is 1. The summed E-state index contributed by atoms with van der Waals surface area (Å²) in [5.74, 6) is 1.30. The fourth-order valence-corrected chi connectivity index (χ4v) is 3.21. The van der Waals surface area contributed by atoms with E-state index in [2.05, 4.69) is 13.8 Å². The van der Waals surface area contributed by atoms with Crippen LogP contribution in [0.25, 0.3) is 0 Å². The molecule has 1 saturated carbocycles. The Kier molecular flexibility index (Phi) is 3.71. The third-order valence-electron chi connectivity index (χ3n) is 4.31. The van der Waals surface area contributed by atoms with Gasteiger partial charge in [-0.3, -0.25) is 0 Å². The van der Waals surface area contributed by atoms with Gasteiger partial charge >= 0.3 is 0 Å². The summed E-state index contributed by atoms with van der Waals surface area (Å²) >= 11 is 0. The summed E-state index contributed by atoms with van der Waals surface area (Å²) in [6, 6.07) is 0. The molecule has 2 heteroatoms. The molecule has 0 N–H and O–H groups in total. The Bertz CT molecular complexity index is 190. The van der Waals surface area contributed by atoms with E-state index in [1.54, 1.807) is 7.11 Å². The monoisotopic (exact) mass is 198 g/mol. The molecule has 0 aromatic heterocycles. The van der Waals surface area contributed by atoms with Crippen LogP contribution >= 0.6 is 0 Å². The molecule has 0 aromatic rings. The predicted molar refractivity (Wildman–Crippen MR) is 57.1 cm³/mol. The molecule has 1 fully saturated rings. The van der Waals surface area contributed by atoms with E-state index >= 15 is 0 Å². The van der Waals surface area contributed by atoms with Gasteiger partial charge < -0.3 is 9.53 Å². The van der Waals surface area contributed by atoms with Crippen LogP contribution in [0.2, 0.25) is 0 Å². The molecular weight excluding hydrogens is 176 g/mol.